The Bertz CT molecular complexity index is 929. The number of nitrogens with zero attached hydrogens (tertiary/aromatic N) is 2. The summed E-state index contributed by atoms with van der Waals surface area (Å²) < 4.78 is 0. The molecule has 6 nitrogen and oxygen atoms in total. The number of carbonyl (C=O) groups is 2. The summed E-state index contributed by atoms with van der Waals surface area (Å²) in [6.45, 7) is 0.804. The average Bonchev–Trinajstić information content (AvgIpc) is 3.30. The molecule has 0 bridgehead atoms. The van der Waals surface area contributed by atoms with Gasteiger partial charge in [0.15, 0.2) is 5.69 Å². The number of hydrogen-bond acceptors (Lipinski definition) is 4. The van der Waals surface area contributed by atoms with Crippen LogP contribution in [0.25, 0.3) is 10.4 Å². The largest absolute Gasteiger partial charge is 0.476 e. The monoisotopic (exact) mass is 353 g/mol. The Morgan fingerprint density at radius 1 is 1.20 bits per heavy atom. The van der Waals surface area contributed by atoms with Gasteiger partial charge >= 0.3 is 5.97 Å². The van der Waals surface area contributed by atoms with Crippen LogP contribution in [0.2, 0.25) is 0 Å². The number of H-pyrrole nitrogens is 1. The first-order valence-corrected chi connectivity index (χ1v) is 8.74. The fraction of sp³-hybridized carbons (Fsp3) is 0.167. The first-order valence-electron chi connectivity index (χ1n) is 7.86. The fourth-order valence-electron chi connectivity index (χ4n) is 3.05. The smallest absolute Gasteiger partial charge is 0.356 e. The first-order chi connectivity index (χ1) is 12.1. The van der Waals surface area contributed by atoms with Crippen LogP contribution in [0.15, 0.2) is 41.8 Å². The minimum absolute atomic E-state index is 0.000503. The molecule has 0 unspecified atom stereocenters. The van der Waals surface area contributed by atoms with Crippen LogP contribution in [0.4, 0.5) is 0 Å². The molecule has 0 saturated carbocycles. The van der Waals surface area contributed by atoms with Crippen molar-refractivity contribution in [3.63, 3.8) is 0 Å². The lowest BCUT2D eigenvalue weighted by molar-refractivity contribution is 0.0674. The molecular weight excluding hydrogens is 338 g/mol. The van der Waals surface area contributed by atoms with E-state index in [1.165, 1.54) is 0 Å². The zero-order valence-electron chi connectivity index (χ0n) is 13.2. The third-order valence-electron chi connectivity index (χ3n) is 4.36. The summed E-state index contributed by atoms with van der Waals surface area (Å²) in [5.41, 5.74) is 3.08. The van der Waals surface area contributed by atoms with Gasteiger partial charge in [0.1, 0.15) is 0 Å². The van der Waals surface area contributed by atoms with Gasteiger partial charge in [0.2, 0.25) is 0 Å². The number of aromatic amines is 1. The van der Waals surface area contributed by atoms with Crippen molar-refractivity contribution in [1.82, 2.24) is 15.1 Å². The lowest BCUT2D eigenvalue weighted by atomic mass is 10.0. The molecule has 126 valence electrons. The molecule has 0 aliphatic carbocycles. The number of amides is 1. The number of carbonyl (C=O) groups excluding carboxylic acids is 1. The first kappa shape index (κ1) is 15.6. The van der Waals surface area contributed by atoms with Gasteiger partial charge < -0.3 is 10.0 Å². The van der Waals surface area contributed by atoms with Gasteiger partial charge in [-0.3, -0.25) is 9.89 Å². The Hall–Kier alpha value is -2.93. The zero-order chi connectivity index (χ0) is 17.4. The Morgan fingerprint density at radius 3 is 2.68 bits per heavy atom. The minimum Gasteiger partial charge on any atom is -0.476 e. The van der Waals surface area contributed by atoms with E-state index in [9.17, 15) is 14.7 Å². The summed E-state index contributed by atoms with van der Waals surface area (Å²) >= 11 is 1.65. The molecule has 0 atom stereocenters. The highest BCUT2D eigenvalue weighted by molar-refractivity contribution is 7.13. The minimum atomic E-state index is -1.08. The molecule has 1 aliphatic rings. The third-order valence-corrected chi connectivity index (χ3v) is 5.28. The molecule has 1 aliphatic heterocycles. The quantitative estimate of drug-likeness (QED) is 0.758. The molecule has 1 aromatic carbocycles. The number of benzene rings is 1. The van der Waals surface area contributed by atoms with Crippen molar-refractivity contribution in [2.24, 2.45) is 0 Å². The van der Waals surface area contributed by atoms with Crippen LogP contribution in [-0.4, -0.2) is 38.6 Å². The second-order valence-corrected chi connectivity index (χ2v) is 6.81. The maximum absolute atomic E-state index is 12.8. The summed E-state index contributed by atoms with van der Waals surface area (Å²) in [5.74, 6) is -1.17. The molecular formula is C18H15N3O3S. The van der Waals surface area contributed by atoms with Crippen molar-refractivity contribution in [3.8, 4) is 10.4 Å². The van der Waals surface area contributed by atoms with Crippen molar-refractivity contribution in [1.29, 1.82) is 0 Å². The van der Waals surface area contributed by atoms with E-state index >= 15 is 0 Å². The molecule has 25 heavy (non-hydrogen) atoms. The number of aromatic carboxylic acids is 1. The highest BCUT2D eigenvalue weighted by Crippen LogP contribution is 2.26. The predicted octanol–water partition coefficient (Wildman–Crippen LogP) is 3.03. The Balaban J connectivity index is 1.55. The summed E-state index contributed by atoms with van der Waals surface area (Å²) in [5, 5.41) is 17.8. The molecule has 0 spiro atoms. The van der Waals surface area contributed by atoms with E-state index in [-0.39, 0.29) is 18.1 Å². The van der Waals surface area contributed by atoms with Crippen molar-refractivity contribution < 1.29 is 14.7 Å². The van der Waals surface area contributed by atoms with Crippen LogP contribution in [0.3, 0.4) is 0 Å². The van der Waals surface area contributed by atoms with Crippen molar-refractivity contribution in [3.05, 3.63) is 64.3 Å². The number of hydrogen-bond donors (Lipinski definition) is 2. The van der Waals surface area contributed by atoms with E-state index in [1.54, 1.807) is 16.2 Å². The van der Waals surface area contributed by atoms with Gasteiger partial charge in [-0.05, 0) is 29.1 Å². The number of aromatic nitrogens is 2. The Morgan fingerprint density at radius 2 is 2.00 bits per heavy atom. The third kappa shape index (κ3) is 2.83. The topological polar surface area (TPSA) is 86.3 Å². The molecule has 0 saturated heterocycles. The second-order valence-electron chi connectivity index (χ2n) is 5.87. The molecule has 3 aromatic rings. The number of carboxylic acid groups (broad SMARTS) is 1. The van der Waals surface area contributed by atoms with Crippen molar-refractivity contribution in [2.45, 2.75) is 13.0 Å². The van der Waals surface area contributed by atoms with Gasteiger partial charge in [0.05, 0.1) is 6.54 Å². The summed E-state index contributed by atoms with van der Waals surface area (Å²) in [6, 6.07) is 11.6. The number of rotatable bonds is 3. The lowest BCUT2D eigenvalue weighted by Crippen LogP contribution is -2.36. The summed E-state index contributed by atoms with van der Waals surface area (Å²) in [4.78, 5) is 26.8. The van der Waals surface area contributed by atoms with E-state index < -0.39 is 5.97 Å². The van der Waals surface area contributed by atoms with Gasteiger partial charge in [-0.1, -0.05) is 18.2 Å². The van der Waals surface area contributed by atoms with E-state index in [0.29, 0.717) is 24.1 Å². The highest BCUT2D eigenvalue weighted by Gasteiger charge is 2.28. The van der Waals surface area contributed by atoms with Crippen LogP contribution in [0.5, 0.6) is 0 Å². The fourth-order valence-corrected chi connectivity index (χ4v) is 3.78. The molecule has 4 rings (SSSR count). The Kier molecular flexibility index (Phi) is 3.85. The number of nitrogens with one attached hydrogen (secondary N) is 1. The molecule has 0 fully saturated rings. The van der Waals surface area contributed by atoms with Gasteiger partial charge in [-0.25, -0.2) is 4.79 Å². The number of thiophene rings is 1. The van der Waals surface area contributed by atoms with Crippen LogP contribution >= 0.6 is 11.3 Å². The summed E-state index contributed by atoms with van der Waals surface area (Å²) in [7, 11) is 0. The van der Waals surface area contributed by atoms with Crippen LogP contribution in [-0.2, 0) is 13.0 Å². The SMILES string of the molecule is O=C(O)c1n[nH]c2c1CN(C(=O)c1ccc(-c3cccs3)cc1)CC2. The number of fused-ring (bicyclic) bond motifs is 1. The van der Waals surface area contributed by atoms with Crippen LogP contribution in [0, 0.1) is 0 Å². The van der Waals surface area contributed by atoms with E-state index in [0.717, 1.165) is 16.1 Å². The van der Waals surface area contributed by atoms with E-state index in [4.69, 9.17) is 0 Å². The maximum Gasteiger partial charge on any atom is 0.356 e. The molecule has 7 heteroatoms. The predicted molar refractivity (Wildman–Crippen MR) is 93.7 cm³/mol. The van der Waals surface area contributed by atoms with Crippen LogP contribution < -0.4 is 0 Å². The lowest BCUT2D eigenvalue weighted by Gasteiger charge is -2.27. The second kappa shape index (κ2) is 6.18. The molecule has 2 aromatic heterocycles. The van der Waals surface area contributed by atoms with Crippen molar-refractivity contribution in [2.75, 3.05) is 6.54 Å². The maximum atomic E-state index is 12.8. The van der Waals surface area contributed by atoms with E-state index in [2.05, 4.69) is 10.2 Å². The van der Waals surface area contributed by atoms with Gasteiger partial charge in [0, 0.05) is 34.7 Å². The zero-order valence-corrected chi connectivity index (χ0v) is 14.0. The molecule has 2 N–H and O–H groups in total. The average molecular weight is 353 g/mol. The van der Waals surface area contributed by atoms with Crippen molar-refractivity contribution >= 4 is 23.2 Å². The van der Waals surface area contributed by atoms with Crippen LogP contribution in [0.1, 0.15) is 32.1 Å². The highest BCUT2D eigenvalue weighted by atomic mass is 32.1. The molecule has 3 heterocycles. The molecule has 0 radical (unpaired) electrons. The number of carboxylic acids is 1. The van der Waals surface area contributed by atoms with Gasteiger partial charge in [-0.15, -0.1) is 11.3 Å². The standard InChI is InChI=1S/C18H15N3O3S/c22-17(12-5-3-11(4-6-12)15-2-1-9-25-15)21-8-7-14-13(10-21)16(18(23)24)20-19-14/h1-6,9H,7-8,10H2,(H,19,20)(H,23,24). The molecule has 1 amide bonds. The van der Waals surface area contributed by atoms with Gasteiger partial charge in [-0.2, -0.15) is 5.10 Å². The van der Waals surface area contributed by atoms with E-state index in [1.807, 2.05) is 41.8 Å². The summed E-state index contributed by atoms with van der Waals surface area (Å²) in [6.07, 6.45) is 0.578. The normalized spacial score (nSPS) is 13.5. The Labute approximate surface area is 147 Å². The van der Waals surface area contributed by atoms with Gasteiger partial charge in [0.25, 0.3) is 5.91 Å².